The maximum atomic E-state index is 5.17. The SMILES string of the molecule is c1ccc(CCNOCONCCc2ccccc2)cc1. The maximum absolute atomic E-state index is 5.17. The minimum absolute atomic E-state index is 0.184. The van der Waals surface area contributed by atoms with Crippen molar-refractivity contribution in [2.45, 2.75) is 12.8 Å². The number of rotatable bonds is 10. The summed E-state index contributed by atoms with van der Waals surface area (Å²) in [6.07, 6.45) is 1.87. The van der Waals surface area contributed by atoms with Crippen LogP contribution in [0.5, 0.6) is 0 Å². The largest absolute Gasteiger partial charge is 0.271 e. The molecule has 4 nitrogen and oxygen atoms in total. The fourth-order valence-corrected chi connectivity index (χ4v) is 1.94. The van der Waals surface area contributed by atoms with Crippen LogP contribution < -0.4 is 11.0 Å². The Bertz CT molecular complexity index is 431. The summed E-state index contributed by atoms with van der Waals surface area (Å²) in [6.45, 7) is 1.71. The van der Waals surface area contributed by atoms with E-state index in [1.165, 1.54) is 11.1 Å². The summed E-state index contributed by atoms with van der Waals surface area (Å²) in [4.78, 5) is 10.3. The van der Waals surface area contributed by atoms with Gasteiger partial charge >= 0.3 is 0 Å². The fourth-order valence-electron chi connectivity index (χ4n) is 1.94. The average Bonchev–Trinajstić information content (AvgIpc) is 2.55. The van der Waals surface area contributed by atoms with E-state index in [4.69, 9.17) is 9.68 Å². The smallest absolute Gasteiger partial charge is 0.186 e. The molecule has 0 atom stereocenters. The molecule has 4 heteroatoms. The van der Waals surface area contributed by atoms with Gasteiger partial charge in [0.2, 0.25) is 0 Å². The van der Waals surface area contributed by atoms with Crippen LogP contribution in [0.3, 0.4) is 0 Å². The second-order valence-electron chi connectivity index (χ2n) is 4.67. The molecule has 0 saturated heterocycles. The molecule has 0 aliphatic heterocycles. The Kier molecular flexibility index (Phi) is 7.51. The molecular formula is C17H22N2O2. The lowest BCUT2D eigenvalue weighted by atomic mass is 10.2. The molecule has 21 heavy (non-hydrogen) atoms. The highest BCUT2D eigenvalue weighted by Crippen LogP contribution is 1.98. The zero-order valence-corrected chi connectivity index (χ0v) is 12.1. The Hall–Kier alpha value is -1.72. The van der Waals surface area contributed by atoms with Crippen LogP contribution in [0, 0.1) is 0 Å². The van der Waals surface area contributed by atoms with Gasteiger partial charge in [0.05, 0.1) is 0 Å². The van der Waals surface area contributed by atoms with E-state index in [9.17, 15) is 0 Å². The summed E-state index contributed by atoms with van der Waals surface area (Å²) in [7, 11) is 0. The van der Waals surface area contributed by atoms with E-state index in [0.29, 0.717) is 0 Å². The van der Waals surface area contributed by atoms with Crippen LogP contribution in [0.25, 0.3) is 0 Å². The van der Waals surface area contributed by atoms with Gasteiger partial charge in [-0.05, 0) is 24.0 Å². The van der Waals surface area contributed by atoms with Crippen molar-refractivity contribution in [3.63, 3.8) is 0 Å². The fraction of sp³-hybridized carbons (Fsp3) is 0.294. The molecule has 2 aromatic carbocycles. The predicted molar refractivity (Wildman–Crippen MR) is 83.3 cm³/mol. The molecule has 0 fully saturated rings. The molecule has 0 aliphatic rings. The van der Waals surface area contributed by atoms with Crippen LogP contribution in [-0.2, 0) is 22.5 Å². The minimum Gasteiger partial charge on any atom is -0.271 e. The second kappa shape index (κ2) is 10.1. The van der Waals surface area contributed by atoms with Crippen molar-refractivity contribution in [1.82, 2.24) is 11.0 Å². The molecule has 0 saturated carbocycles. The summed E-state index contributed by atoms with van der Waals surface area (Å²) in [5, 5.41) is 0. The van der Waals surface area contributed by atoms with Gasteiger partial charge in [0.1, 0.15) is 0 Å². The van der Waals surface area contributed by atoms with Crippen molar-refractivity contribution in [3.8, 4) is 0 Å². The van der Waals surface area contributed by atoms with Crippen LogP contribution >= 0.6 is 0 Å². The van der Waals surface area contributed by atoms with Gasteiger partial charge < -0.3 is 0 Å². The van der Waals surface area contributed by atoms with E-state index >= 15 is 0 Å². The highest BCUT2D eigenvalue weighted by molar-refractivity contribution is 5.15. The van der Waals surface area contributed by atoms with Crippen LogP contribution in [-0.4, -0.2) is 19.9 Å². The molecule has 2 rings (SSSR count). The van der Waals surface area contributed by atoms with Crippen LogP contribution in [0.4, 0.5) is 0 Å². The molecule has 112 valence electrons. The normalized spacial score (nSPS) is 10.7. The van der Waals surface area contributed by atoms with E-state index < -0.39 is 0 Å². The van der Waals surface area contributed by atoms with E-state index in [1.807, 2.05) is 36.4 Å². The Morgan fingerprint density at radius 2 is 1.05 bits per heavy atom. The molecule has 2 aromatic rings. The van der Waals surface area contributed by atoms with Gasteiger partial charge in [-0.15, -0.1) is 0 Å². The predicted octanol–water partition coefficient (Wildman–Crippen LogP) is 2.47. The lowest BCUT2D eigenvalue weighted by Gasteiger charge is -2.07. The van der Waals surface area contributed by atoms with Gasteiger partial charge in [0, 0.05) is 13.1 Å². The van der Waals surface area contributed by atoms with Crippen molar-refractivity contribution in [2.75, 3.05) is 19.9 Å². The summed E-state index contributed by atoms with van der Waals surface area (Å²) in [5.41, 5.74) is 8.33. The molecule has 0 aromatic heterocycles. The average molecular weight is 286 g/mol. The zero-order valence-electron chi connectivity index (χ0n) is 12.1. The highest BCUT2D eigenvalue weighted by Gasteiger charge is 1.93. The van der Waals surface area contributed by atoms with Crippen LogP contribution in [0.1, 0.15) is 11.1 Å². The number of hydroxylamine groups is 2. The number of hydrogen-bond donors (Lipinski definition) is 2. The molecule has 0 spiro atoms. The Labute approximate surface area is 126 Å². The second-order valence-corrected chi connectivity index (χ2v) is 4.67. The van der Waals surface area contributed by atoms with Crippen molar-refractivity contribution >= 4 is 0 Å². The van der Waals surface area contributed by atoms with Crippen LogP contribution in [0.2, 0.25) is 0 Å². The topological polar surface area (TPSA) is 42.5 Å². The summed E-state index contributed by atoms with van der Waals surface area (Å²) >= 11 is 0. The highest BCUT2D eigenvalue weighted by atomic mass is 16.8. The first-order chi connectivity index (χ1) is 10.4. The van der Waals surface area contributed by atoms with Gasteiger partial charge in [-0.2, -0.15) is 11.0 Å². The first-order valence-corrected chi connectivity index (χ1v) is 7.22. The monoisotopic (exact) mass is 286 g/mol. The third kappa shape index (κ3) is 7.02. The van der Waals surface area contributed by atoms with Crippen LogP contribution in [0.15, 0.2) is 60.7 Å². The zero-order chi connectivity index (χ0) is 14.6. The molecule has 0 unspecified atom stereocenters. The first-order valence-electron chi connectivity index (χ1n) is 7.22. The van der Waals surface area contributed by atoms with Gasteiger partial charge in [0.15, 0.2) is 6.79 Å². The van der Waals surface area contributed by atoms with E-state index in [1.54, 1.807) is 0 Å². The maximum Gasteiger partial charge on any atom is 0.186 e. The molecule has 2 N–H and O–H groups in total. The molecule has 0 aliphatic carbocycles. The van der Waals surface area contributed by atoms with E-state index in [2.05, 4.69) is 35.2 Å². The number of hydrogen-bond acceptors (Lipinski definition) is 4. The Morgan fingerprint density at radius 3 is 1.48 bits per heavy atom. The standard InChI is InChI=1S/C17H22N2O2/c1-3-7-16(8-4-1)11-13-18-20-15-21-19-14-12-17-9-5-2-6-10-17/h1-10,18-19H,11-15H2. The van der Waals surface area contributed by atoms with Gasteiger partial charge in [-0.1, -0.05) is 60.7 Å². The van der Waals surface area contributed by atoms with Crippen molar-refractivity contribution in [3.05, 3.63) is 71.8 Å². The molecular weight excluding hydrogens is 264 g/mol. The third-order valence-electron chi connectivity index (χ3n) is 3.04. The first kappa shape index (κ1) is 15.7. The lowest BCUT2D eigenvalue weighted by Crippen LogP contribution is -2.25. The lowest BCUT2D eigenvalue weighted by molar-refractivity contribution is -0.133. The van der Waals surface area contributed by atoms with Crippen molar-refractivity contribution < 1.29 is 9.68 Å². The summed E-state index contributed by atoms with van der Waals surface area (Å²) in [5.74, 6) is 0. The molecule has 0 amide bonds. The van der Waals surface area contributed by atoms with Gasteiger partial charge in [-0.3, -0.25) is 9.68 Å². The number of nitrogens with one attached hydrogen (secondary N) is 2. The van der Waals surface area contributed by atoms with Gasteiger partial charge in [0.25, 0.3) is 0 Å². The Morgan fingerprint density at radius 1 is 0.619 bits per heavy atom. The molecule has 0 radical (unpaired) electrons. The minimum atomic E-state index is 0.184. The number of benzene rings is 2. The van der Waals surface area contributed by atoms with Crippen molar-refractivity contribution in [1.29, 1.82) is 0 Å². The van der Waals surface area contributed by atoms with Crippen molar-refractivity contribution in [2.24, 2.45) is 0 Å². The molecule has 0 heterocycles. The molecule has 0 bridgehead atoms. The van der Waals surface area contributed by atoms with E-state index in [-0.39, 0.29) is 6.79 Å². The quantitative estimate of drug-likeness (QED) is 0.400. The summed E-state index contributed by atoms with van der Waals surface area (Å²) in [6, 6.07) is 20.6. The van der Waals surface area contributed by atoms with Gasteiger partial charge in [-0.25, -0.2) is 0 Å². The van der Waals surface area contributed by atoms with E-state index in [0.717, 1.165) is 25.9 Å². The third-order valence-corrected chi connectivity index (χ3v) is 3.04. The Balaban J connectivity index is 1.40. The summed E-state index contributed by atoms with van der Waals surface area (Å²) < 4.78 is 0.